The predicted octanol–water partition coefficient (Wildman–Crippen LogP) is 3.09. The van der Waals surface area contributed by atoms with E-state index >= 15 is 0 Å². The summed E-state index contributed by atoms with van der Waals surface area (Å²) in [5.41, 5.74) is 1.10. The first kappa shape index (κ1) is 10.6. The van der Waals surface area contributed by atoms with Crippen LogP contribution in [0.3, 0.4) is 0 Å². The molecule has 0 saturated carbocycles. The van der Waals surface area contributed by atoms with Crippen LogP contribution >= 0.6 is 0 Å². The number of hydrogen-bond donors (Lipinski definition) is 0. The summed E-state index contributed by atoms with van der Waals surface area (Å²) in [5.74, 6) is 0.868. The maximum Gasteiger partial charge on any atom is 0.118 e. The summed E-state index contributed by atoms with van der Waals surface area (Å²) in [5, 5.41) is 0. The molecule has 0 unspecified atom stereocenters. The molecule has 2 nitrogen and oxygen atoms in total. The Balaban J connectivity index is 2.55. The lowest BCUT2D eigenvalue weighted by Gasteiger charge is -2.03. The molecule has 2 heteroatoms. The Labute approximate surface area is 85.2 Å². The average molecular weight is 192 g/mol. The first-order chi connectivity index (χ1) is 6.72. The van der Waals surface area contributed by atoms with Crippen LogP contribution in [0.2, 0.25) is 0 Å². The van der Waals surface area contributed by atoms with E-state index in [1.165, 1.54) is 0 Å². The zero-order valence-corrected chi connectivity index (χ0v) is 8.86. The molecule has 1 rings (SSSR count). The van der Waals surface area contributed by atoms with Crippen molar-refractivity contribution >= 4 is 6.08 Å². The van der Waals surface area contributed by atoms with E-state index < -0.39 is 0 Å². The summed E-state index contributed by atoms with van der Waals surface area (Å²) in [7, 11) is 1.66. The van der Waals surface area contributed by atoms with E-state index in [9.17, 15) is 0 Å². The van der Waals surface area contributed by atoms with Crippen molar-refractivity contribution in [2.75, 3.05) is 7.11 Å². The molecule has 0 atom stereocenters. The van der Waals surface area contributed by atoms with Crippen molar-refractivity contribution < 1.29 is 9.47 Å². The predicted molar refractivity (Wildman–Crippen MR) is 58.2 cm³/mol. The van der Waals surface area contributed by atoms with Gasteiger partial charge in [0.05, 0.1) is 19.5 Å². The van der Waals surface area contributed by atoms with E-state index in [4.69, 9.17) is 9.47 Å². The van der Waals surface area contributed by atoms with E-state index in [0.29, 0.717) is 0 Å². The van der Waals surface area contributed by atoms with Crippen molar-refractivity contribution in [2.24, 2.45) is 0 Å². The van der Waals surface area contributed by atoms with Gasteiger partial charge in [-0.3, -0.25) is 0 Å². The molecule has 0 aliphatic carbocycles. The Bertz CT molecular complexity index is 286. The average Bonchev–Trinajstić information content (AvgIpc) is 2.18. The number of methoxy groups -OCH3 is 1. The second kappa shape index (κ2) is 5.32. The molecule has 0 amide bonds. The van der Waals surface area contributed by atoms with E-state index in [-0.39, 0.29) is 6.10 Å². The Kier molecular flexibility index (Phi) is 4.05. The fourth-order valence-corrected chi connectivity index (χ4v) is 0.990. The molecule has 0 N–H and O–H groups in total. The van der Waals surface area contributed by atoms with Gasteiger partial charge in [0, 0.05) is 0 Å². The third-order valence-electron chi connectivity index (χ3n) is 1.73. The van der Waals surface area contributed by atoms with Crippen LogP contribution in [0, 0.1) is 0 Å². The number of benzene rings is 1. The van der Waals surface area contributed by atoms with E-state index in [1.807, 2.05) is 44.2 Å². The smallest absolute Gasteiger partial charge is 0.118 e. The van der Waals surface area contributed by atoms with Crippen molar-refractivity contribution in [3.05, 3.63) is 36.1 Å². The molecule has 0 radical (unpaired) electrons. The van der Waals surface area contributed by atoms with Crippen LogP contribution in [0.5, 0.6) is 5.75 Å². The van der Waals surface area contributed by atoms with Crippen molar-refractivity contribution in [1.82, 2.24) is 0 Å². The third kappa shape index (κ3) is 3.52. The molecule has 76 valence electrons. The fourth-order valence-electron chi connectivity index (χ4n) is 0.990. The van der Waals surface area contributed by atoms with Gasteiger partial charge in [0.25, 0.3) is 0 Å². The third-order valence-corrected chi connectivity index (χ3v) is 1.73. The van der Waals surface area contributed by atoms with Crippen LogP contribution in [0.25, 0.3) is 6.08 Å². The number of ether oxygens (including phenoxy) is 2. The molecule has 14 heavy (non-hydrogen) atoms. The van der Waals surface area contributed by atoms with Crippen LogP contribution in [-0.2, 0) is 4.74 Å². The molecular weight excluding hydrogens is 176 g/mol. The van der Waals surface area contributed by atoms with Crippen LogP contribution < -0.4 is 4.74 Å². The minimum Gasteiger partial charge on any atom is -0.499 e. The summed E-state index contributed by atoms with van der Waals surface area (Å²) < 4.78 is 10.3. The minimum absolute atomic E-state index is 0.226. The minimum atomic E-state index is 0.226. The van der Waals surface area contributed by atoms with Crippen molar-refractivity contribution in [3.63, 3.8) is 0 Å². The Morgan fingerprint density at radius 2 is 1.79 bits per heavy atom. The molecule has 0 aliphatic heterocycles. The maximum absolute atomic E-state index is 5.29. The molecule has 0 aliphatic rings. The Hall–Kier alpha value is -1.44. The molecule has 0 bridgehead atoms. The lowest BCUT2D eigenvalue weighted by Crippen LogP contribution is -1.94. The summed E-state index contributed by atoms with van der Waals surface area (Å²) in [6.45, 7) is 4.00. The number of hydrogen-bond acceptors (Lipinski definition) is 2. The zero-order valence-electron chi connectivity index (χ0n) is 8.86. The monoisotopic (exact) mass is 192 g/mol. The SMILES string of the molecule is COc1ccc(C=COC(C)C)cc1. The zero-order chi connectivity index (χ0) is 10.4. The lowest BCUT2D eigenvalue weighted by molar-refractivity contribution is 0.181. The second-order valence-corrected chi connectivity index (χ2v) is 3.26. The van der Waals surface area contributed by atoms with Gasteiger partial charge in [-0.25, -0.2) is 0 Å². The Morgan fingerprint density at radius 3 is 2.29 bits per heavy atom. The molecular formula is C12H16O2. The highest BCUT2D eigenvalue weighted by molar-refractivity contribution is 5.49. The van der Waals surface area contributed by atoms with Gasteiger partial charge in [-0.05, 0) is 37.6 Å². The molecule has 1 aromatic rings. The second-order valence-electron chi connectivity index (χ2n) is 3.26. The quantitative estimate of drug-likeness (QED) is 0.682. The molecule has 0 saturated heterocycles. The summed E-state index contributed by atoms with van der Waals surface area (Å²) in [6.07, 6.45) is 3.87. The van der Waals surface area contributed by atoms with Gasteiger partial charge >= 0.3 is 0 Å². The maximum atomic E-state index is 5.29. The van der Waals surface area contributed by atoms with Crippen LogP contribution in [0.1, 0.15) is 19.4 Å². The summed E-state index contributed by atoms with van der Waals surface area (Å²) in [4.78, 5) is 0. The van der Waals surface area contributed by atoms with Gasteiger partial charge in [-0.1, -0.05) is 12.1 Å². The van der Waals surface area contributed by atoms with Crippen molar-refractivity contribution in [3.8, 4) is 5.75 Å². The van der Waals surface area contributed by atoms with E-state index in [1.54, 1.807) is 13.4 Å². The standard InChI is InChI=1S/C12H16O2/c1-10(2)14-9-8-11-4-6-12(13-3)7-5-11/h4-10H,1-3H3. The summed E-state index contributed by atoms with van der Waals surface area (Å²) >= 11 is 0. The fraction of sp³-hybridized carbons (Fsp3) is 0.333. The largest absolute Gasteiger partial charge is 0.499 e. The molecule has 1 aromatic carbocycles. The van der Waals surface area contributed by atoms with E-state index in [0.717, 1.165) is 11.3 Å². The van der Waals surface area contributed by atoms with Crippen molar-refractivity contribution in [2.45, 2.75) is 20.0 Å². The van der Waals surface area contributed by atoms with E-state index in [2.05, 4.69) is 0 Å². The molecule has 0 aromatic heterocycles. The summed E-state index contributed by atoms with van der Waals surface area (Å²) in [6, 6.07) is 7.82. The Morgan fingerprint density at radius 1 is 1.14 bits per heavy atom. The lowest BCUT2D eigenvalue weighted by atomic mass is 10.2. The van der Waals surface area contributed by atoms with Gasteiger partial charge in [-0.15, -0.1) is 0 Å². The van der Waals surface area contributed by atoms with Gasteiger partial charge in [0.15, 0.2) is 0 Å². The topological polar surface area (TPSA) is 18.5 Å². The highest BCUT2D eigenvalue weighted by Crippen LogP contribution is 2.12. The van der Waals surface area contributed by atoms with Crippen molar-refractivity contribution in [1.29, 1.82) is 0 Å². The highest BCUT2D eigenvalue weighted by atomic mass is 16.5. The van der Waals surface area contributed by atoms with Crippen LogP contribution in [0.15, 0.2) is 30.5 Å². The molecule has 0 spiro atoms. The van der Waals surface area contributed by atoms with Gasteiger partial charge < -0.3 is 9.47 Å². The molecule has 0 fully saturated rings. The molecule has 0 heterocycles. The highest BCUT2D eigenvalue weighted by Gasteiger charge is 1.90. The van der Waals surface area contributed by atoms with Gasteiger partial charge in [0.2, 0.25) is 0 Å². The van der Waals surface area contributed by atoms with Crippen LogP contribution in [-0.4, -0.2) is 13.2 Å². The number of rotatable bonds is 4. The van der Waals surface area contributed by atoms with Gasteiger partial charge in [-0.2, -0.15) is 0 Å². The normalized spacial score (nSPS) is 10.9. The van der Waals surface area contributed by atoms with Crippen LogP contribution in [0.4, 0.5) is 0 Å². The van der Waals surface area contributed by atoms with Gasteiger partial charge in [0.1, 0.15) is 5.75 Å². The first-order valence-corrected chi connectivity index (χ1v) is 4.68. The first-order valence-electron chi connectivity index (χ1n) is 4.68.